The van der Waals surface area contributed by atoms with Crippen LogP contribution in [-0.4, -0.2) is 31.8 Å². The first-order valence-electron chi connectivity index (χ1n) is 12.7. The Labute approximate surface area is 261 Å². The lowest BCUT2D eigenvalue weighted by Gasteiger charge is -2.09. The van der Waals surface area contributed by atoms with E-state index in [1.165, 1.54) is 67.1 Å². The molecule has 44 heavy (non-hydrogen) atoms. The van der Waals surface area contributed by atoms with Crippen LogP contribution in [0.2, 0.25) is 10.0 Å². The molecule has 0 spiro atoms. The van der Waals surface area contributed by atoms with Crippen molar-refractivity contribution in [2.75, 3.05) is 4.72 Å². The number of aromatic amines is 1. The Balaban J connectivity index is 0.000000175. The highest BCUT2D eigenvalue weighted by molar-refractivity contribution is 7.92. The van der Waals surface area contributed by atoms with Crippen LogP contribution < -0.4 is 15.6 Å². The number of nitrogens with zero attached hydrogens (tertiary/aromatic N) is 2. The van der Waals surface area contributed by atoms with Crippen LogP contribution in [0, 0.1) is 0 Å². The maximum atomic E-state index is 12.3. The summed E-state index contributed by atoms with van der Waals surface area (Å²) < 4.78 is 56.3. The van der Waals surface area contributed by atoms with Gasteiger partial charge in [0.25, 0.3) is 25.6 Å². The van der Waals surface area contributed by atoms with Crippen molar-refractivity contribution in [1.82, 2.24) is 9.71 Å². The molecule has 6 rings (SSSR count). The van der Waals surface area contributed by atoms with Crippen LogP contribution in [-0.2, 0) is 20.0 Å². The van der Waals surface area contributed by atoms with Crippen LogP contribution in [0.1, 0.15) is 0 Å². The summed E-state index contributed by atoms with van der Waals surface area (Å²) in [7, 11) is -7.50. The van der Waals surface area contributed by atoms with Crippen LogP contribution in [0.4, 0.5) is 5.69 Å². The van der Waals surface area contributed by atoms with Crippen molar-refractivity contribution >= 4 is 59.7 Å². The Bertz CT molecular complexity index is 2290. The summed E-state index contributed by atoms with van der Waals surface area (Å²) in [4.78, 5) is 14.4. The maximum absolute atomic E-state index is 12.3. The van der Waals surface area contributed by atoms with E-state index >= 15 is 0 Å². The first-order chi connectivity index (χ1) is 20.9. The largest absolute Gasteiger partial charge is 0.429 e. The van der Waals surface area contributed by atoms with E-state index in [4.69, 9.17) is 23.2 Å². The topological polar surface area (TPSA) is 151 Å². The lowest BCUT2D eigenvalue weighted by atomic mass is 10.1. The summed E-state index contributed by atoms with van der Waals surface area (Å²) in [5, 5.41) is 11.7. The molecule has 1 aliphatic carbocycles. The number of fused-ring (bicyclic) bond motifs is 2. The fourth-order valence-electron chi connectivity index (χ4n) is 4.10. The summed E-state index contributed by atoms with van der Waals surface area (Å²) >= 11 is 11.5. The Kier molecular flexibility index (Phi) is 8.79. The fraction of sp³-hybridized carbons (Fsp3) is 0. The zero-order chi connectivity index (χ0) is 31.5. The van der Waals surface area contributed by atoms with Crippen molar-refractivity contribution < 1.29 is 22.0 Å². The molecular weight excluding hydrogens is 647 g/mol. The average Bonchev–Trinajstić information content (AvgIpc) is 2.98. The minimum Gasteiger partial charge on any atom is -0.429 e. The molecule has 0 saturated heterocycles. The van der Waals surface area contributed by atoms with Crippen LogP contribution in [0.15, 0.2) is 135 Å². The molecule has 10 nitrogen and oxygen atoms in total. The number of hydrogen-bond donors (Lipinski definition) is 3. The predicted molar refractivity (Wildman–Crippen MR) is 169 cm³/mol. The van der Waals surface area contributed by atoms with Crippen LogP contribution in [0.3, 0.4) is 0 Å². The predicted octanol–water partition coefficient (Wildman–Crippen LogP) is 5.76. The van der Waals surface area contributed by atoms with Crippen LogP contribution in [0.25, 0.3) is 21.9 Å². The van der Waals surface area contributed by atoms with E-state index in [9.17, 15) is 26.8 Å². The van der Waals surface area contributed by atoms with Gasteiger partial charge in [-0.2, -0.15) is 12.8 Å². The lowest BCUT2D eigenvalue weighted by Crippen LogP contribution is -2.13. The number of nitrogens with one attached hydrogen (secondary N) is 2. The number of hydrogen-bond acceptors (Lipinski definition) is 6. The number of benzene rings is 4. The highest BCUT2D eigenvalue weighted by atomic mass is 35.5. The Morgan fingerprint density at radius 1 is 0.750 bits per heavy atom. The summed E-state index contributed by atoms with van der Waals surface area (Å²) in [6.45, 7) is 0. The standard InChI is InChI=1S/2C15H11ClN2O3S/c16-13-2-5-15(6-3-13)22(20,21)17-14-4-1-12-10-18(19)8-7-11(12)9-14;16-11-1-4-13(5-2-11)22(20,21)18-12-3-6-14-10(9-12)7-8-17-15(14)19/h1-10,19H;1-9,18H,(H,17,19). The van der Waals surface area contributed by atoms with Gasteiger partial charge in [0.05, 0.1) is 21.3 Å². The molecule has 4 aromatic rings. The van der Waals surface area contributed by atoms with E-state index in [1.54, 1.807) is 48.5 Å². The second kappa shape index (κ2) is 12.5. The summed E-state index contributed by atoms with van der Waals surface area (Å²) in [6.07, 6.45) is 4.49. The molecule has 1 aliphatic heterocycles. The van der Waals surface area contributed by atoms with Gasteiger partial charge >= 0.3 is 0 Å². The number of anilines is 1. The first kappa shape index (κ1) is 30.8. The highest BCUT2D eigenvalue weighted by Crippen LogP contribution is 2.22. The van der Waals surface area contributed by atoms with Gasteiger partial charge in [0.2, 0.25) is 0 Å². The van der Waals surface area contributed by atoms with Crippen molar-refractivity contribution in [2.24, 2.45) is 4.40 Å². The van der Waals surface area contributed by atoms with Gasteiger partial charge < -0.3 is 10.2 Å². The van der Waals surface area contributed by atoms with Gasteiger partial charge in [0.1, 0.15) is 0 Å². The van der Waals surface area contributed by atoms with Gasteiger partial charge in [-0.15, -0.1) is 0 Å². The molecule has 0 fully saturated rings. The quantitative estimate of drug-likeness (QED) is 0.199. The second-order valence-electron chi connectivity index (χ2n) is 9.33. The average molecular weight is 670 g/mol. The normalized spacial score (nSPS) is 12.1. The van der Waals surface area contributed by atoms with E-state index in [0.29, 0.717) is 31.9 Å². The van der Waals surface area contributed by atoms with E-state index < -0.39 is 20.0 Å². The first-order valence-corrected chi connectivity index (χ1v) is 16.4. The monoisotopic (exact) mass is 668 g/mol. The SMILES string of the molecule is O=S(=O)(N=c1ccc2cn(O)ccc-2c1)c1ccc(Cl)cc1.O=c1[nH]ccc2cc(NS(=O)(=O)c3ccc(Cl)cc3)ccc12. The van der Waals surface area contributed by atoms with E-state index in [-0.39, 0.29) is 15.4 Å². The number of H-pyrrole nitrogens is 1. The molecule has 0 unspecified atom stereocenters. The third-order valence-electron chi connectivity index (χ3n) is 6.24. The Morgan fingerprint density at radius 2 is 1.41 bits per heavy atom. The summed E-state index contributed by atoms with van der Waals surface area (Å²) in [5.74, 6) is 0. The molecule has 14 heteroatoms. The number of rotatable bonds is 5. The molecule has 224 valence electrons. The molecule has 3 aromatic carbocycles. The van der Waals surface area contributed by atoms with Gasteiger partial charge in [-0.3, -0.25) is 9.52 Å². The van der Waals surface area contributed by atoms with Gasteiger partial charge in [0.15, 0.2) is 0 Å². The maximum Gasteiger partial charge on any atom is 0.282 e. The molecule has 1 aromatic heterocycles. The summed E-state index contributed by atoms with van der Waals surface area (Å²) in [6, 6.07) is 24.7. The molecule has 2 heterocycles. The molecule has 0 saturated carbocycles. The molecule has 3 N–H and O–H groups in total. The lowest BCUT2D eigenvalue weighted by molar-refractivity contribution is 0.185. The molecule has 0 amide bonds. The van der Waals surface area contributed by atoms with Crippen molar-refractivity contribution in [1.29, 1.82) is 0 Å². The summed E-state index contributed by atoms with van der Waals surface area (Å²) in [5.41, 5.74) is 1.71. The number of halogens is 2. The van der Waals surface area contributed by atoms with Crippen LogP contribution >= 0.6 is 23.2 Å². The van der Waals surface area contributed by atoms with Crippen molar-refractivity contribution in [3.8, 4) is 11.1 Å². The van der Waals surface area contributed by atoms with Crippen molar-refractivity contribution in [3.05, 3.63) is 141 Å². The minimum absolute atomic E-state index is 0.0817. The Hall–Kier alpha value is -4.62. The number of sulfonamides is 2. The highest BCUT2D eigenvalue weighted by Gasteiger charge is 2.15. The Morgan fingerprint density at radius 3 is 2.09 bits per heavy atom. The number of aromatic nitrogens is 2. The zero-order valence-electron chi connectivity index (χ0n) is 22.4. The molecule has 0 bridgehead atoms. The van der Waals surface area contributed by atoms with E-state index in [2.05, 4.69) is 14.1 Å². The van der Waals surface area contributed by atoms with E-state index in [0.717, 1.165) is 15.9 Å². The number of pyridine rings is 2. The molecule has 0 atom stereocenters. The van der Waals surface area contributed by atoms with E-state index in [1.807, 2.05) is 0 Å². The molecule has 0 radical (unpaired) electrons. The van der Waals surface area contributed by atoms with Gasteiger partial charge in [-0.25, -0.2) is 13.1 Å². The van der Waals surface area contributed by atoms with Crippen molar-refractivity contribution in [2.45, 2.75) is 9.79 Å². The fourth-order valence-corrected chi connectivity index (χ4v) is 6.38. The van der Waals surface area contributed by atoms with Crippen molar-refractivity contribution in [3.63, 3.8) is 0 Å². The van der Waals surface area contributed by atoms with Gasteiger partial charge in [0, 0.05) is 39.1 Å². The second-order valence-corrected chi connectivity index (χ2v) is 13.5. The smallest absolute Gasteiger partial charge is 0.282 e. The molecule has 2 aliphatic rings. The third kappa shape index (κ3) is 7.29. The third-order valence-corrected chi connectivity index (χ3v) is 9.46. The van der Waals surface area contributed by atoms with Gasteiger partial charge in [-0.05, 0) is 102 Å². The minimum atomic E-state index is -3.80. The van der Waals surface area contributed by atoms with Crippen LogP contribution in [0.5, 0.6) is 0 Å². The molecular formula is C30H22Cl2N4O6S2. The zero-order valence-corrected chi connectivity index (χ0v) is 25.6. The van der Waals surface area contributed by atoms with Gasteiger partial charge in [-0.1, -0.05) is 29.3 Å².